The summed E-state index contributed by atoms with van der Waals surface area (Å²) in [5.74, 6) is -0.422. The molecule has 8 heteroatoms. The van der Waals surface area contributed by atoms with E-state index in [4.69, 9.17) is 4.74 Å². The van der Waals surface area contributed by atoms with E-state index >= 15 is 0 Å². The fourth-order valence-corrected chi connectivity index (χ4v) is 4.53. The third-order valence-corrected chi connectivity index (χ3v) is 6.36. The highest BCUT2D eigenvalue weighted by Gasteiger charge is 2.25. The van der Waals surface area contributed by atoms with Crippen molar-refractivity contribution in [1.29, 1.82) is 0 Å². The van der Waals surface area contributed by atoms with Crippen LogP contribution in [0.5, 0.6) is 5.75 Å². The van der Waals surface area contributed by atoms with Crippen LogP contribution >= 0.6 is 0 Å². The summed E-state index contributed by atoms with van der Waals surface area (Å²) in [6.07, 6.45) is 2.81. The Kier molecular flexibility index (Phi) is 6.11. The molecule has 1 heterocycles. The van der Waals surface area contributed by atoms with Crippen molar-refractivity contribution < 1.29 is 22.7 Å². The van der Waals surface area contributed by atoms with Gasteiger partial charge in [-0.25, -0.2) is 8.42 Å². The van der Waals surface area contributed by atoms with Crippen molar-refractivity contribution in [1.82, 2.24) is 4.31 Å². The summed E-state index contributed by atoms with van der Waals surface area (Å²) in [6, 6.07) is 12.3. The molecular formula is C20H22N2O5S. The first-order chi connectivity index (χ1) is 13.4. The summed E-state index contributed by atoms with van der Waals surface area (Å²) in [7, 11) is -3.49. The number of ether oxygens (including phenoxy) is 1. The molecule has 0 aliphatic carbocycles. The van der Waals surface area contributed by atoms with Crippen LogP contribution < -0.4 is 10.1 Å². The van der Waals surface area contributed by atoms with Gasteiger partial charge in [0.05, 0.1) is 4.90 Å². The molecule has 2 aromatic rings. The monoisotopic (exact) mass is 402 g/mol. The molecule has 1 aliphatic rings. The normalized spacial score (nSPS) is 15.0. The predicted molar refractivity (Wildman–Crippen MR) is 105 cm³/mol. The Morgan fingerprint density at radius 1 is 0.929 bits per heavy atom. The average molecular weight is 402 g/mol. The van der Waals surface area contributed by atoms with Gasteiger partial charge in [-0.3, -0.25) is 9.59 Å². The zero-order valence-electron chi connectivity index (χ0n) is 15.6. The van der Waals surface area contributed by atoms with Crippen molar-refractivity contribution in [2.45, 2.75) is 31.1 Å². The van der Waals surface area contributed by atoms with E-state index < -0.39 is 16.0 Å². The fourth-order valence-electron chi connectivity index (χ4n) is 3.01. The third-order valence-electron chi connectivity index (χ3n) is 4.44. The molecule has 0 aromatic heterocycles. The van der Waals surface area contributed by atoms with Crippen molar-refractivity contribution >= 4 is 27.6 Å². The molecule has 7 nitrogen and oxygen atoms in total. The van der Waals surface area contributed by atoms with Crippen LogP contribution in [0, 0.1) is 0 Å². The van der Waals surface area contributed by atoms with Gasteiger partial charge in [0.25, 0.3) is 5.91 Å². The summed E-state index contributed by atoms with van der Waals surface area (Å²) in [5, 5.41) is 2.72. The Balaban J connectivity index is 1.66. The minimum atomic E-state index is -3.49. The minimum Gasteiger partial charge on any atom is -0.427 e. The zero-order chi connectivity index (χ0) is 20.1. The van der Waals surface area contributed by atoms with Gasteiger partial charge in [0, 0.05) is 31.3 Å². The second kappa shape index (κ2) is 8.53. The number of esters is 1. The van der Waals surface area contributed by atoms with Crippen LogP contribution in [-0.2, 0) is 14.8 Å². The van der Waals surface area contributed by atoms with Crippen molar-refractivity contribution in [2.24, 2.45) is 0 Å². The van der Waals surface area contributed by atoms with Crippen LogP contribution in [0.3, 0.4) is 0 Å². The number of hydrogen-bond donors (Lipinski definition) is 1. The van der Waals surface area contributed by atoms with E-state index in [9.17, 15) is 18.0 Å². The lowest BCUT2D eigenvalue weighted by Crippen LogP contribution is -2.35. The average Bonchev–Trinajstić information content (AvgIpc) is 2.69. The number of benzene rings is 2. The molecule has 0 atom stereocenters. The van der Waals surface area contributed by atoms with E-state index in [1.165, 1.54) is 35.5 Å². The molecule has 28 heavy (non-hydrogen) atoms. The summed E-state index contributed by atoms with van der Waals surface area (Å²) in [5.41, 5.74) is 0.882. The summed E-state index contributed by atoms with van der Waals surface area (Å²) >= 11 is 0. The van der Waals surface area contributed by atoms with Gasteiger partial charge in [-0.15, -0.1) is 0 Å². The molecule has 1 saturated heterocycles. The first kappa shape index (κ1) is 20.0. The standard InChI is InChI=1S/C20H22N2O5S/c1-15(23)27-18-9-5-16(6-10-18)20(24)21-17-7-11-19(12-8-17)28(25,26)22-13-3-2-4-14-22/h5-12H,2-4,13-14H2,1H3,(H,21,24). The van der Waals surface area contributed by atoms with E-state index in [-0.39, 0.29) is 10.8 Å². The van der Waals surface area contributed by atoms with Crippen LogP contribution in [0.25, 0.3) is 0 Å². The maximum absolute atomic E-state index is 12.7. The number of anilines is 1. The maximum Gasteiger partial charge on any atom is 0.308 e. The number of sulfonamides is 1. The van der Waals surface area contributed by atoms with Crippen LogP contribution in [0.4, 0.5) is 5.69 Å². The molecule has 0 spiro atoms. The Labute approximate surface area is 164 Å². The first-order valence-electron chi connectivity index (χ1n) is 9.06. The number of rotatable bonds is 5. The molecule has 0 radical (unpaired) electrons. The predicted octanol–water partition coefficient (Wildman–Crippen LogP) is 3.04. The van der Waals surface area contributed by atoms with Gasteiger partial charge >= 0.3 is 5.97 Å². The Morgan fingerprint density at radius 3 is 2.11 bits per heavy atom. The van der Waals surface area contributed by atoms with Crippen molar-refractivity contribution in [2.75, 3.05) is 18.4 Å². The second-order valence-corrected chi connectivity index (χ2v) is 8.50. The molecule has 1 N–H and O–H groups in total. The SMILES string of the molecule is CC(=O)Oc1ccc(C(=O)Nc2ccc(S(=O)(=O)N3CCCCC3)cc2)cc1. The molecule has 0 bridgehead atoms. The number of carbonyl (C=O) groups excluding carboxylic acids is 2. The van der Waals surface area contributed by atoms with Gasteiger partial charge in [0.15, 0.2) is 0 Å². The summed E-state index contributed by atoms with van der Waals surface area (Å²) < 4.78 is 31.7. The number of piperidine rings is 1. The molecular weight excluding hydrogens is 380 g/mol. The number of amides is 1. The van der Waals surface area contributed by atoms with Crippen molar-refractivity contribution in [3.63, 3.8) is 0 Å². The van der Waals surface area contributed by atoms with E-state index in [2.05, 4.69) is 5.32 Å². The van der Waals surface area contributed by atoms with Crippen LogP contribution in [0.2, 0.25) is 0 Å². The number of nitrogens with one attached hydrogen (secondary N) is 1. The lowest BCUT2D eigenvalue weighted by Gasteiger charge is -2.25. The van der Waals surface area contributed by atoms with E-state index in [1.54, 1.807) is 24.3 Å². The Hall–Kier alpha value is -2.71. The molecule has 0 saturated carbocycles. The highest BCUT2D eigenvalue weighted by molar-refractivity contribution is 7.89. The molecule has 1 aliphatic heterocycles. The quantitative estimate of drug-likeness (QED) is 0.613. The van der Waals surface area contributed by atoms with Gasteiger partial charge in [-0.2, -0.15) is 4.31 Å². The maximum atomic E-state index is 12.7. The number of carbonyl (C=O) groups is 2. The van der Waals surface area contributed by atoms with Crippen LogP contribution in [0.15, 0.2) is 53.4 Å². The molecule has 1 amide bonds. The third kappa shape index (κ3) is 4.76. The molecule has 2 aromatic carbocycles. The van der Waals surface area contributed by atoms with Crippen molar-refractivity contribution in [3.8, 4) is 5.75 Å². The molecule has 0 unspecified atom stereocenters. The molecule has 1 fully saturated rings. The van der Waals surface area contributed by atoms with Crippen LogP contribution in [-0.4, -0.2) is 37.7 Å². The second-order valence-electron chi connectivity index (χ2n) is 6.56. The fraction of sp³-hybridized carbons (Fsp3) is 0.300. The van der Waals surface area contributed by atoms with Gasteiger partial charge in [-0.05, 0) is 61.4 Å². The topological polar surface area (TPSA) is 92.8 Å². The van der Waals surface area contributed by atoms with Gasteiger partial charge in [-0.1, -0.05) is 6.42 Å². The first-order valence-corrected chi connectivity index (χ1v) is 10.5. The largest absolute Gasteiger partial charge is 0.427 e. The number of hydrogen-bond acceptors (Lipinski definition) is 5. The van der Waals surface area contributed by atoms with E-state index in [1.807, 2.05) is 0 Å². The van der Waals surface area contributed by atoms with E-state index in [0.717, 1.165) is 19.3 Å². The van der Waals surface area contributed by atoms with Gasteiger partial charge in [0.1, 0.15) is 5.75 Å². The van der Waals surface area contributed by atoms with Crippen LogP contribution in [0.1, 0.15) is 36.5 Å². The Bertz CT molecular complexity index is 947. The zero-order valence-corrected chi connectivity index (χ0v) is 16.4. The van der Waals surface area contributed by atoms with Crippen molar-refractivity contribution in [3.05, 3.63) is 54.1 Å². The highest BCUT2D eigenvalue weighted by atomic mass is 32.2. The lowest BCUT2D eigenvalue weighted by molar-refractivity contribution is -0.131. The minimum absolute atomic E-state index is 0.220. The summed E-state index contributed by atoms with van der Waals surface area (Å²) in [6.45, 7) is 2.39. The summed E-state index contributed by atoms with van der Waals surface area (Å²) in [4.78, 5) is 23.5. The molecule has 148 valence electrons. The van der Waals surface area contributed by atoms with E-state index in [0.29, 0.717) is 30.1 Å². The lowest BCUT2D eigenvalue weighted by atomic mass is 10.2. The molecule has 3 rings (SSSR count). The Morgan fingerprint density at radius 2 is 1.54 bits per heavy atom. The number of nitrogens with zero attached hydrogens (tertiary/aromatic N) is 1. The van der Waals surface area contributed by atoms with Gasteiger partial charge in [0.2, 0.25) is 10.0 Å². The smallest absolute Gasteiger partial charge is 0.308 e. The highest BCUT2D eigenvalue weighted by Crippen LogP contribution is 2.22. The van der Waals surface area contributed by atoms with Gasteiger partial charge < -0.3 is 10.1 Å².